The van der Waals surface area contributed by atoms with Crippen LogP contribution < -0.4 is 0 Å². The number of carboxylic acids is 1. The van der Waals surface area contributed by atoms with Gasteiger partial charge in [-0.1, -0.05) is 0 Å². The number of hydrogen-bond donors (Lipinski definition) is 2. The average molecular weight is 347 g/mol. The minimum atomic E-state index is -0.793. The first-order valence-electron chi connectivity index (χ1n) is 8.30. The van der Waals surface area contributed by atoms with Gasteiger partial charge in [-0.15, -0.1) is 0 Å². The van der Waals surface area contributed by atoms with Crippen molar-refractivity contribution in [1.29, 1.82) is 0 Å². The standard InChI is InChI=1S/C17H21N3O3S/c21-15(22)6-14-9-20(11-17(23-14)3-1-4-17)8-13-7-18-19-16(13)12-2-5-24-10-12/h2,5,7,10,14H,1,3-4,6,8-9,11H2,(H,18,19)(H,21,22). The van der Waals surface area contributed by atoms with E-state index in [9.17, 15) is 4.79 Å². The van der Waals surface area contributed by atoms with Gasteiger partial charge in [-0.2, -0.15) is 16.4 Å². The summed E-state index contributed by atoms with van der Waals surface area (Å²) in [5.74, 6) is -0.793. The van der Waals surface area contributed by atoms with Crippen molar-refractivity contribution in [2.45, 2.75) is 43.9 Å². The van der Waals surface area contributed by atoms with Crippen molar-refractivity contribution < 1.29 is 14.6 Å². The van der Waals surface area contributed by atoms with Crippen molar-refractivity contribution in [2.24, 2.45) is 0 Å². The summed E-state index contributed by atoms with van der Waals surface area (Å²) in [4.78, 5) is 13.4. The Balaban J connectivity index is 1.51. The summed E-state index contributed by atoms with van der Waals surface area (Å²) in [5, 5.41) is 20.6. The van der Waals surface area contributed by atoms with E-state index < -0.39 is 5.97 Å². The minimum Gasteiger partial charge on any atom is -0.481 e. The van der Waals surface area contributed by atoms with Crippen molar-refractivity contribution in [3.8, 4) is 11.3 Å². The Morgan fingerprint density at radius 2 is 2.42 bits per heavy atom. The van der Waals surface area contributed by atoms with E-state index in [4.69, 9.17) is 9.84 Å². The lowest BCUT2D eigenvalue weighted by atomic mass is 9.78. The molecule has 4 rings (SSSR count). The Bertz CT molecular complexity index is 708. The predicted octanol–water partition coefficient (Wildman–Crippen LogP) is 2.74. The second kappa shape index (κ2) is 6.31. The molecule has 0 radical (unpaired) electrons. The first-order valence-corrected chi connectivity index (χ1v) is 9.25. The zero-order valence-corrected chi connectivity index (χ0v) is 14.2. The number of aliphatic carboxylic acids is 1. The zero-order valence-electron chi connectivity index (χ0n) is 13.4. The number of carboxylic acid groups (broad SMARTS) is 1. The van der Waals surface area contributed by atoms with Crippen LogP contribution in [0.3, 0.4) is 0 Å². The van der Waals surface area contributed by atoms with Gasteiger partial charge in [0.2, 0.25) is 0 Å². The van der Waals surface area contributed by atoms with Crippen LogP contribution in [-0.2, 0) is 16.1 Å². The van der Waals surface area contributed by atoms with Crippen molar-refractivity contribution >= 4 is 17.3 Å². The number of hydrogen-bond acceptors (Lipinski definition) is 5. The summed E-state index contributed by atoms with van der Waals surface area (Å²) in [7, 11) is 0. The largest absolute Gasteiger partial charge is 0.481 e. The fourth-order valence-electron chi connectivity index (χ4n) is 3.79. The molecule has 1 aliphatic carbocycles. The number of morpholine rings is 1. The molecule has 2 aliphatic rings. The smallest absolute Gasteiger partial charge is 0.306 e. The van der Waals surface area contributed by atoms with Crippen LogP contribution >= 0.6 is 11.3 Å². The average Bonchev–Trinajstić information content (AvgIpc) is 3.15. The van der Waals surface area contributed by atoms with Gasteiger partial charge in [0.15, 0.2) is 0 Å². The summed E-state index contributed by atoms with van der Waals surface area (Å²) in [6.45, 7) is 2.29. The number of rotatable bonds is 5. The maximum absolute atomic E-state index is 11.1. The van der Waals surface area contributed by atoms with E-state index in [2.05, 4.69) is 31.9 Å². The number of carbonyl (C=O) groups is 1. The lowest BCUT2D eigenvalue weighted by molar-refractivity contribution is -0.196. The molecule has 0 bridgehead atoms. The van der Waals surface area contributed by atoms with Gasteiger partial charge in [0.05, 0.1) is 30.0 Å². The third-order valence-electron chi connectivity index (χ3n) is 4.98. The van der Waals surface area contributed by atoms with Crippen LogP contribution in [0.15, 0.2) is 23.0 Å². The highest BCUT2D eigenvalue weighted by Gasteiger charge is 2.45. The van der Waals surface area contributed by atoms with Gasteiger partial charge < -0.3 is 9.84 Å². The van der Waals surface area contributed by atoms with E-state index in [1.165, 1.54) is 6.42 Å². The first kappa shape index (κ1) is 15.8. The Morgan fingerprint density at radius 3 is 3.08 bits per heavy atom. The highest BCUT2D eigenvalue weighted by atomic mass is 32.1. The number of nitrogens with one attached hydrogen (secondary N) is 1. The van der Waals surface area contributed by atoms with Gasteiger partial charge in [-0.05, 0) is 30.7 Å². The summed E-state index contributed by atoms with van der Waals surface area (Å²) in [6.07, 6.45) is 4.95. The fraction of sp³-hybridized carbons (Fsp3) is 0.529. The van der Waals surface area contributed by atoms with Crippen molar-refractivity contribution in [2.75, 3.05) is 13.1 Å². The van der Waals surface area contributed by atoms with Gasteiger partial charge >= 0.3 is 5.97 Å². The molecular weight excluding hydrogens is 326 g/mol. The summed E-state index contributed by atoms with van der Waals surface area (Å²) >= 11 is 1.67. The number of H-pyrrole nitrogens is 1. The molecule has 2 fully saturated rings. The van der Waals surface area contributed by atoms with E-state index in [-0.39, 0.29) is 18.1 Å². The fourth-order valence-corrected chi connectivity index (χ4v) is 4.43. The second-order valence-corrected chi connectivity index (χ2v) is 7.61. The van der Waals surface area contributed by atoms with Crippen LogP contribution in [0, 0.1) is 0 Å². The molecule has 3 heterocycles. The summed E-state index contributed by atoms with van der Waals surface area (Å²) in [5.41, 5.74) is 3.23. The molecule has 24 heavy (non-hydrogen) atoms. The highest BCUT2D eigenvalue weighted by Crippen LogP contribution is 2.41. The number of thiophene rings is 1. The number of nitrogens with zero attached hydrogens (tertiary/aromatic N) is 2. The highest BCUT2D eigenvalue weighted by molar-refractivity contribution is 7.08. The topological polar surface area (TPSA) is 78.5 Å². The lowest BCUT2D eigenvalue weighted by Gasteiger charge is -2.51. The number of aromatic amines is 1. The molecule has 1 aliphatic heterocycles. The molecule has 2 aromatic rings. The molecule has 2 aromatic heterocycles. The Morgan fingerprint density at radius 1 is 1.54 bits per heavy atom. The number of ether oxygens (including phenoxy) is 1. The quantitative estimate of drug-likeness (QED) is 0.869. The molecule has 128 valence electrons. The van der Waals surface area contributed by atoms with Crippen LogP contribution in [0.1, 0.15) is 31.2 Å². The Kier molecular flexibility index (Phi) is 4.15. The van der Waals surface area contributed by atoms with Crippen molar-refractivity contribution in [3.63, 3.8) is 0 Å². The SMILES string of the molecule is O=C(O)CC1CN(Cc2cn[nH]c2-c2ccsc2)CC2(CCC2)O1. The first-order chi connectivity index (χ1) is 11.6. The van der Waals surface area contributed by atoms with Gasteiger partial charge in [0.1, 0.15) is 0 Å². The normalized spacial score (nSPS) is 23.2. The van der Waals surface area contributed by atoms with Crippen LogP contribution in [-0.4, -0.2) is 51.0 Å². The second-order valence-electron chi connectivity index (χ2n) is 6.83. The third-order valence-corrected chi connectivity index (χ3v) is 5.66. The van der Waals surface area contributed by atoms with Crippen LogP contribution in [0.25, 0.3) is 11.3 Å². The molecular formula is C17H21N3O3S. The molecule has 0 amide bonds. The monoisotopic (exact) mass is 347 g/mol. The van der Waals surface area contributed by atoms with Crippen LogP contribution in [0.2, 0.25) is 0 Å². The molecule has 1 spiro atoms. The van der Waals surface area contributed by atoms with Crippen LogP contribution in [0.5, 0.6) is 0 Å². The molecule has 1 unspecified atom stereocenters. The van der Waals surface area contributed by atoms with E-state index in [1.54, 1.807) is 11.3 Å². The molecule has 7 heteroatoms. The number of aromatic nitrogens is 2. The Labute approximate surface area is 144 Å². The van der Waals surface area contributed by atoms with E-state index in [1.807, 2.05) is 6.20 Å². The van der Waals surface area contributed by atoms with Gasteiger partial charge in [0, 0.05) is 36.1 Å². The molecule has 1 saturated carbocycles. The molecule has 2 N–H and O–H groups in total. The van der Waals surface area contributed by atoms with E-state index in [0.29, 0.717) is 6.54 Å². The predicted molar refractivity (Wildman–Crippen MR) is 90.9 cm³/mol. The van der Waals surface area contributed by atoms with Gasteiger partial charge in [-0.3, -0.25) is 14.8 Å². The Hall–Kier alpha value is -1.70. The zero-order chi connectivity index (χ0) is 16.6. The van der Waals surface area contributed by atoms with Crippen molar-refractivity contribution in [3.05, 3.63) is 28.6 Å². The lowest BCUT2D eigenvalue weighted by Crippen LogP contribution is -2.58. The maximum atomic E-state index is 11.1. The van der Waals surface area contributed by atoms with Gasteiger partial charge in [-0.25, -0.2) is 0 Å². The van der Waals surface area contributed by atoms with E-state index >= 15 is 0 Å². The molecule has 6 nitrogen and oxygen atoms in total. The third kappa shape index (κ3) is 3.11. The molecule has 1 saturated heterocycles. The summed E-state index contributed by atoms with van der Waals surface area (Å²) < 4.78 is 6.13. The van der Waals surface area contributed by atoms with E-state index in [0.717, 1.165) is 42.8 Å². The maximum Gasteiger partial charge on any atom is 0.306 e. The molecule has 0 aromatic carbocycles. The van der Waals surface area contributed by atoms with Gasteiger partial charge in [0.25, 0.3) is 0 Å². The summed E-state index contributed by atoms with van der Waals surface area (Å²) in [6, 6.07) is 2.08. The van der Waals surface area contributed by atoms with Crippen LogP contribution in [0.4, 0.5) is 0 Å². The van der Waals surface area contributed by atoms with Crippen molar-refractivity contribution in [1.82, 2.24) is 15.1 Å². The minimum absolute atomic E-state index is 0.0705. The molecule has 1 atom stereocenters.